The Morgan fingerprint density at radius 3 is 2.57 bits per heavy atom. The second-order valence-corrected chi connectivity index (χ2v) is 7.45. The molecule has 0 atom stereocenters. The Kier molecular flexibility index (Phi) is 5.99. The van der Waals surface area contributed by atoms with Crippen molar-refractivity contribution in [2.24, 2.45) is 0 Å². The first-order chi connectivity index (χ1) is 13.4. The summed E-state index contributed by atoms with van der Waals surface area (Å²) in [5.41, 5.74) is 0.907. The molecule has 1 heterocycles. The van der Waals surface area contributed by atoms with Gasteiger partial charge in [-0.1, -0.05) is 28.1 Å². The van der Waals surface area contributed by atoms with E-state index in [0.29, 0.717) is 22.8 Å². The fraction of sp³-hybridized carbons (Fsp3) is 0.250. The average Bonchev–Trinajstić information content (AvgIpc) is 2.98. The number of amides is 1. The van der Waals surface area contributed by atoms with Crippen LogP contribution in [0.15, 0.2) is 57.8 Å². The van der Waals surface area contributed by atoms with Crippen molar-refractivity contribution in [2.75, 3.05) is 7.11 Å². The van der Waals surface area contributed by atoms with Gasteiger partial charge >= 0.3 is 5.69 Å². The van der Waals surface area contributed by atoms with Crippen LogP contribution >= 0.6 is 15.9 Å². The van der Waals surface area contributed by atoms with Gasteiger partial charge in [0, 0.05) is 16.1 Å². The quantitative estimate of drug-likeness (QED) is 0.633. The lowest BCUT2D eigenvalue weighted by Crippen LogP contribution is -2.36. The highest BCUT2D eigenvalue weighted by atomic mass is 79.9. The van der Waals surface area contributed by atoms with Crippen LogP contribution in [-0.4, -0.2) is 33.4 Å². The monoisotopic (exact) mass is 444 g/mol. The third-order valence-corrected chi connectivity index (χ3v) is 4.54. The van der Waals surface area contributed by atoms with Crippen LogP contribution in [0.1, 0.15) is 13.8 Å². The van der Waals surface area contributed by atoms with Gasteiger partial charge in [-0.25, -0.2) is 4.79 Å². The van der Waals surface area contributed by atoms with Crippen LogP contribution in [0.3, 0.4) is 0 Å². The summed E-state index contributed by atoms with van der Waals surface area (Å²) < 4.78 is 8.84. The smallest absolute Gasteiger partial charge is 0.351 e. The summed E-state index contributed by atoms with van der Waals surface area (Å²) in [6.07, 6.45) is 0. The fourth-order valence-corrected chi connectivity index (χ4v) is 3.04. The molecule has 8 heteroatoms. The number of carbonyl (C=O) groups excluding carboxylic acids is 1. The summed E-state index contributed by atoms with van der Waals surface area (Å²) in [6, 6.07) is 14.4. The zero-order chi connectivity index (χ0) is 20.3. The molecule has 3 rings (SSSR count). The molecule has 1 amide bonds. The zero-order valence-electron chi connectivity index (χ0n) is 15.8. The molecule has 0 saturated carbocycles. The van der Waals surface area contributed by atoms with Crippen LogP contribution in [0.5, 0.6) is 5.75 Å². The standard InChI is InChI=1S/C20H21BrN4O3/c1-13(2)22-18(26)12-24-19(14-5-4-6-17(11-14)28-3)23-25(20(24)27)16-9-7-15(21)8-10-16/h4-11,13H,12H2,1-3H3,(H,22,26). The minimum Gasteiger partial charge on any atom is -0.497 e. The molecule has 0 bridgehead atoms. The lowest BCUT2D eigenvalue weighted by molar-refractivity contribution is -0.122. The predicted octanol–water partition coefficient (Wildman–Crippen LogP) is 3.00. The fourth-order valence-electron chi connectivity index (χ4n) is 2.78. The largest absolute Gasteiger partial charge is 0.497 e. The van der Waals surface area contributed by atoms with Crippen molar-refractivity contribution >= 4 is 21.8 Å². The summed E-state index contributed by atoms with van der Waals surface area (Å²) in [6.45, 7) is 3.61. The van der Waals surface area contributed by atoms with E-state index < -0.39 is 0 Å². The van der Waals surface area contributed by atoms with Crippen LogP contribution < -0.4 is 15.7 Å². The van der Waals surface area contributed by atoms with Crippen LogP contribution in [0, 0.1) is 0 Å². The van der Waals surface area contributed by atoms with E-state index in [1.165, 1.54) is 9.25 Å². The number of hydrogen-bond acceptors (Lipinski definition) is 4. The number of rotatable bonds is 6. The normalized spacial score (nSPS) is 10.9. The molecular formula is C20H21BrN4O3. The Hall–Kier alpha value is -2.87. The van der Waals surface area contributed by atoms with Crippen molar-refractivity contribution in [3.63, 3.8) is 0 Å². The Morgan fingerprint density at radius 2 is 1.93 bits per heavy atom. The highest BCUT2D eigenvalue weighted by Gasteiger charge is 2.19. The molecule has 0 unspecified atom stereocenters. The number of aromatic nitrogens is 3. The van der Waals surface area contributed by atoms with Crippen molar-refractivity contribution in [3.05, 3.63) is 63.5 Å². The first kappa shape index (κ1) is 19.9. The molecular weight excluding hydrogens is 424 g/mol. The van der Waals surface area contributed by atoms with E-state index in [4.69, 9.17) is 4.74 Å². The van der Waals surface area contributed by atoms with Gasteiger partial charge in [0.25, 0.3) is 0 Å². The van der Waals surface area contributed by atoms with Crippen LogP contribution in [0.4, 0.5) is 0 Å². The summed E-state index contributed by atoms with van der Waals surface area (Å²) in [5.74, 6) is 0.781. The van der Waals surface area contributed by atoms with Gasteiger partial charge in [0.2, 0.25) is 5.91 Å². The van der Waals surface area contributed by atoms with Gasteiger partial charge in [0.1, 0.15) is 12.3 Å². The first-order valence-electron chi connectivity index (χ1n) is 8.78. The van der Waals surface area contributed by atoms with Gasteiger partial charge in [-0.15, -0.1) is 5.10 Å². The number of halogens is 1. The number of methoxy groups -OCH3 is 1. The lowest BCUT2D eigenvalue weighted by Gasteiger charge is -2.10. The molecule has 0 radical (unpaired) electrons. The number of carbonyl (C=O) groups is 1. The molecule has 0 spiro atoms. The van der Waals surface area contributed by atoms with E-state index in [9.17, 15) is 9.59 Å². The van der Waals surface area contributed by atoms with Crippen molar-refractivity contribution < 1.29 is 9.53 Å². The Morgan fingerprint density at radius 1 is 1.21 bits per heavy atom. The number of nitrogens with one attached hydrogen (secondary N) is 1. The van der Waals surface area contributed by atoms with Crippen molar-refractivity contribution in [3.8, 4) is 22.8 Å². The Bertz CT molecular complexity index is 1040. The topological polar surface area (TPSA) is 78.2 Å². The van der Waals surface area contributed by atoms with E-state index in [2.05, 4.69) is 26.3 Å². The van der Waals surface area contributed by atoms with Gasteiger partial charge < -0.3 is 10.1 Å². The minimum absolute atomic E-state index is 0.0232. The molecule has 3 aromatic rings. The molecule has 2 aromatic carbocycles. The van der Waals surface area contributed by atoms with Crippen molar-refractivity contribution in [1.82, 2.24) is 19.7 Å². The van der Waals surface area contributed by atoms with Crippen molar-refractivity contribution in [1.29, 1.82) is 0 Å². The summed E-state index contributed by atoms with van der Waals surface area (Å²) in [7, 11) is 1.57. The third-order valence-electron chi connectivity index (χ3n) is 4.01. The first-order valence-corrected chi connectivity index (χ1v) is 9.58. The molecule has 0 fully saturated rings. The van der Waals surface area contributed by atoms with Crippen LogP contribution in [0.2, 0.25) is 0 Å². The van der Waals surface area contributed by atoms with E-state index in [1.54, 1.807) is 25.3 Å². The molecule has 7 nitrogen and oxygen atoms in total. The lowest BCUT2D eigenvalue weighted by atomic mass is 10.2. The molecule has 0 aliphatic carbocycles. The second-order valence-electron chi connectivity index (χ2n) is 6.53. The molecule has 1 N–H and O–H groups in total. The SMILES string of the molecule is COc1cccc(-c2nn(-c3ccc(Br)cc3)c(=O)n2CC(=O)NC(C)C)c1. The Balaban J connectivity index is 2.12. The van der Waals surface area contributed by atoms with Gasteiger partial charge in [-0.2, -0.15) is 4.68 Å². The number of nitrogens with zero attached hydrogens (tertiary/aromatic N) is 3. The summed E-state index contributed by atoms with van der Waals surface area (Å²) >= 11 is 3.38. The van der Waals surface area contributed by atoms with Gasteiger partial charge in [-0.05, 0) is 50.2 Å². The maximum absolute atomic E-state index is 13.1. The van der Waals surface area contributed by atoms with Gasteiger partial charge in [0.15, 0.2) is 5.82 Å². The van der Waals surface area contributed by atoms with Gasteiger partial charge in [0.05, 0.1) is 12.8 Å². The number of ether oxygens (including phenoxy) is 1. The molecule has 0 aliphatic heterocycles. The predicted molar refractivity (Wildman–Crippen MR) is 111 cm³/mol. The van der Waals surface area contributed by atoms with E-state index in [0.717, 1.165) is 4.47 Å². The highest BCUT2D eigenvalue weighted by molar-refractivity contribution is 9.10. The summed E-state index contributed by atoms with van der Waals surface area (Å²) in [5, 5.41) is 7.31. The highest BCUT2D eigenvalue weighted by Crippen LogP contribution is 2.22. The van der Waals surface area contributed by atoms with E-state index in [1.807, 2.05) is 44.2 Å². The number of benzene rings is 2. The zero-order valence-corrected chi connectivity index (χ0v) is 17.4. The third kappa shape index (κ3) is 4.33. The molecule has 1 aromatic heterocycles. The molecule has 0 aliphatic rings. The van der Waals surface area contributed by atoms with Crippen molar-refractivity contribution in [2.45, 2.75) is 26.4 Å². The van der Waals surface area contributed by atoms with Crippen LogP contribution in [-0.2, 0) is 11.3 Å². The maximum Gasteiger partial charge on any atom is 0.351 e. The molecule has 28 heavy (non-hydrogen) atoms. The van der Waals surface area contributed by atoms with E-state index >= 15 is 0 Å². The summed E-state index contributed by atoms with van der Waals surface area (Å²) in [4.78, 5) is 25.4. The maximum atomic E-state index is 13.1. The number of hydrogen-bond donors (Lipinski definition) is 1. The van der Waals surface area contributed by atoms with Crippen LogP contribution in [0.25, 0.3) is 17.1 Å². The second kappa shape index (κ2) is 8.43. The van der Waals surface area contributed by atoms with E-state index in [-0.39, 0.29) is 24.2 Å². The van der Waals surface area contributed by atoms with Gasteiger partial charge in [-0.3, -0.25) is 9.36 Å². The minimum atomic E-state index is -0.390. The average molecular weight is 445 g/mol. The molecule has 146 valence electrons. The molecule has 0 saturated heterocycles. The Labute approximate surface area is 171 Å².